The van der Waals surface area contributed by atoms with Gasteiger partial charge in [-0.25, -0.2) is 0 Å². The standard InChI is InChI=1S/C17H14ClN3O2/c1-21-15-5-3-2-4-12(15)16(20-21)17(23)19-14-7-6-11(8-9-22)10-13(14)18/h2-7,9-10H,8H2,1H3,(H,19,23). The van der Waals surface area contributed by atoms with Crippen molar-refractivity contribution in [2.75, 3.05) is 5.32 Å². The second kappa shape index (κ2) is 6.22. The minimum Gasteiger partial charge on any atom is -0.319 e. The number of aromatic nitrogens is 2. The van der Waals surface area contributed by atoms with Crippen LogP contribution in [0.2, 0.25) is 5.02 Å². The van der Waals surface area contributed by atoms with Crippen molar-refractivity contribution in [3.63, 3.8) is 0 Å². The number of benzene rings is 2. The molecule has 0 saturated carbocycles. The van der Waals surface area contributed by atoms with Gasteiger partial charge in [0.2, 0.25) is 0 Å². The second-order valence-corrected chi connectivity index (χ2v) is 5.54. The lowest BCUT2D eigenvalue weighted by Crippen LogP contribution is -2.13. The monoisotopic (exact) mass is 327 g/mol. The summed E-state index contributed by atoms with van der Waals surface area (Å²) in [6.07, 6.45) is 1.10. The number of anilines is 1. The lowest BCUT2D eigenvalue weighted by molar-refractivity contribution is -0.107. The predicted octanol–water partition coefficient (Wildman–Crippen LogP) is 3.22. The van der Waals surface area contributed by atoms with E-state index in [1.54, 1.807) is 29.9 Å². The van der Waals surface area contributed by atoms with Crippen LogP contribution in [0.25, 0.3) is 10.9 Å². The van der Waals surface area contributed by atoms with Crippen LogP contribution in [0.15, 0.2) is 42.5 Å². The Hall–Kier alpha value is -2.66. The quantitative estimate of drug-likeness (QED) is 0.748. The van der Waals surface area contributed by atoms with E-state index in [1.165, 1.54) is 0 Å². The number of aryl methyl sites for hydroxylation is 1. The van der Waals surface area contributed by atoms with Gasteiger partial charge < -0.3 is 10.1 Å². The van der Waals surface area contributed by atoms with Crippen molar-refractivity contribution in [3.05, 3.63) is 58.7 Å². The molecule has 0 atom stereocenters. The van der Waals surface area contributed by atoms with Gasteiger partial charge in [-0.05, 0) is 23.8 Å². The Balaban J connectivity index is 1.90. The molecule has 0 fully saturated rings. The molecule has 0 saturated heterocycles. The molecule has 0 aliphatic heterocycles. The molecule has 1 amide bonds. The lowest BCUT2D eigenvalue weighted by Gasteiger charge is -2.07. The molecule has 3 rings (SSSR count). The summed E-state index contributed by atoms with van der Waals surface area (Å²) in [6, 6.07) is 12.6. The third-order valence-corrected chi connectivity index (χ3v) is 3.89. The van der Waals surface area contributed by atoms with Gasteiger partial charge in [-0.2, -0.15) is 5.10 Å². The number of nitrogens with zero attached hydrogens (tertiary/aromatic N) is 2. The van der Waals surface area contributed by atoms with E-state index in [0.29, 0.717) is 22.8 Å². The fourth-order valence-electron chi connectivity index (χ4n) is 2.45. The van der Waals surface area contributed by atoms with Crippen molar-refractivity contribution in [2.24, 2.45) is 7.05 Å². The number of aldehydes is 1. The van der Waals surface area contributed by atoms with E-state index in [2.05, 4.69) is 10.4 Å². The van der Waals surface area contributed by atoms with Gasteiger partial charge in [0, 0.05) is 18.9 Å². The zero-order chi connectivity index (χ0) is 16.4. The average molecular weight is 328 g/mol. The Kier molecular flexibility index (Phi) is 4.12. The molecule has 1 N–H and O–H groups in total. The number of amides is 1. The first-order valence-electron chi connectivity index (χ1n) is 7.05. The lowest BCUT2D eigenvalue weighted by atomic mass is 10.1. The van der Waals surface area contributed by atoms with Gasteiger partial charge in [-0.1, -0.05) is 35.9 Å². The van der Waals surface area contributed by atoms with Crippen molar-refractivity contribution >= 4 is 40.4 Å². The summed E-state index contributed by atoms with van der Waals surface area (Å²) in [6.45, 7) is 0. The fraction of sp³-hybridized carbons (Fsp3) is 0.118. The van der Waals surface area contributed by atoms with Crippen LogP contribution in [0.1, 0.15) is 16.1 Å². The summed E-state index contributed by atoms with van der Waals surface area (Å²) in [5, 5.41) is 8.21. The highest BCUT2D eigenvalue weighted by Crippen LogP contribution is 2.25. The molecule has 5 nitrogen and oxygen atoms in total. The van der Waals surface area contributed by atoms with Crippen molar-refractivity contribution in [1.82, 2.24) is 9.78 Å². The van der Waals surface area contributed by atoms with Gasteiger partial charge in [-0.15, -0.1) is 0 Å². The highest BCUT2D eigenvalue weighted by atomic mass is 35.5. The summed E-state index contributed by atoms with van der Waals surface area (Å²) in [4.78, 5) is 23.0. The van der Waals surface area contributed by atoms with E-state index < -0.39 is 0 Å². The number of fused-ring (bicyclic) bond motifs is 1. The van der Waals surface area contributed by atoms with Crippen LogP contribution in [0.3, 0.4) is 0 Å². The molecule has 6 heteroatoms. The van der Waals surface area contributed by atoms with Crippen LogP contribution in [-0.2, 0) is 18.3 Å². The molecule has 0 aliphatic rings. The Bertz CT molecular complexity index is 902. The number of nitrogens with one attached hydrogen (secondary N) is 1. The van der Waals surface area contributed by atoms with Crippen molar-refractivity contribution in [2.45, 2.75) is 6.42 Å². The molecule has 23 heavy (non-hydrogen) atoms. The van der Waals surface area contributed by atoms with Crippen LogP contribution < -0.4 is 5.32 Å². The van der Waals surface area contributed by atoms with E-state index in [1.807, 2.05) is 24.3 Å². The molecule has 0 spiro atoms. The van der Waals surface area contributed by atoms with Gasteiger partial charge in [0.25, 0.3) is 5.91 Å². The molecule has 0 unspecified atom stereocenters. The van der Waals surface area contributed by atoms with Crippen LogP contribution in [0, 0.1) is 0 Å². The summed E-state index contributed by atoms with van der Waals surface area (Å²) in [7, 11) is 1.79. The summed E-state index contributed by atoms with van der Waals surface area (Å²) in [5.41, 5.74) is 2.51. The first kappa shape index (κ1) is 15.2. The summed E-state index contributed by atoms with van der Waals surface area (Å²) >= 11 is 6.16. The van der Waals surface area contributed by atoms with E-state index >= 15 is 0 Å². The van der Waals surface area contributed by atoms with Crippen LogP contribution in [0.5, 0.6) is 0 Å². The van der Waals surface area contributed by atoms with Crippen molar-refractivity contribution in [3.8, 4) is 0 Å². The fourth-order valence-corrected chi connectivity index (χ4v) is 2.70. The first-order chi connectivity index (χ1) is 11.1. The smallest absolute Gasteiger partial charge is 0.276 e. The maximum atomic E-state index is 12.5. The van der Waals surface area contributed by atoms with Gasteiger partial charge >= 0.3 is 0 Å². The predicted molar refractivity (Wildman–Crippen MR) is 89.9 cm³/mol. The maximum Gasteiger partial charge on any atom is 0.276 e. The topological polar surface area (TPSA) is 64.0 Å². The highest BCUT2D eigenvalue weighted by molar-refractivity contribution is 6.34. The highest BCUT2D eigenvalue weighted by Gasteiger charge is 2.16. The molecule has 0 aliphatic carbocycles. The van der Waals surface area contributed by atoms with Gasteiger partial charge in [0.1, 0.15) is 6.29 Å². The third-order valence-electron chi connectivity index (χ3n) is 3.57. The molecule has 1 aromatic heterocycles. The maximum absolute atomic E-state index is 12.5. The number of halogens is 1. The summed E-state index contributed by atoms with van der Waals surface area (Å²) < 4.78 is 1.67. The molecule has 1 heterocycles. The number of hydrogen-bond donors (Lipinski definition) is 1. The zero-order valence-electron chi connectivity index (χ0n) is 12.4. The molecule has 3 aromatic rings. The Morgan fingerprint density at radius 2 is 2.09 bits per heavy atom. The largest absolute Gasteiger partial charge is 0.319 e. The molecule has 2 aromatic carbocycles. The molecule has 116 valence electrons. The minimum absolute atomic E-state index is 0.291. The number of carbonyl (C=O) groups excluding carboxylic acids is 2. The number of rotatable bonds is 4. The van der Waals surface area contributed by atoms with Gasteiger partial charge in [0.15, 0.2) is 5.69 Å². The minimum atomic E-state index is -0.327. The zero-order valence-corrected chi connectivity index (χ0v) is 13.2. The molecule has 0 bridgehead atoms. The van der Waals surface area contributed by atoms with Crippen LogP contribution >= 0.6 is 11.6 Å². The Labute approximate surface area is 137 Å². The Morgan fingerprint density at radius 1 is 1.30 bits per heavy atom. The number of hydrogen-bond acceptors (Lipinski definition) is 3. The van der Waals surface area contributed by atoms with Crippen LogP contribution in [-0.4, -0.2) is 22.0 Å². The van der Waals surface area contributed by atoms with Gasteiger partial charge in [-0.3, -0.25) is 9.48 Å². The SMILES string of the molecule is Cn1nc(C(=O)Nc2ccc(CC=O)cc2Cl)c2ccccc21. The molecule has 0 radical (unpaired) electrons. The molecular weight excluding hydrogens is 314 g/mol. The van der Waals surface area contributed by atoms with Crippen molar-refractivity contribution < 1.29 is 9.59 Å². The van der Waals surface area contributed by atoms with E-state index in [-0.39, 0.29) is 5.91 Å². The Morgan fingerprint density at radius 3 is 2.83 bits per heavy atom. The van der Waals surface area contributed by atoms with Gasteiger partial charge in [0.05, 0.1) is 16.2 Å². The van der Waals surface area contributed by atoms with E-state index in [4.69, 9.17) is 11.6 Å². The van der Waals surface area contributed by atoms with Crippen LogP contribution in [0.4, 0.5) is 5.69 Å². The average Bonchev–Trinajstić information content (AvgIpc) is 2.88. The molecular formula is C17H14ClN3O2. The normalized spacial score (nSPS) is 10.7. The van der Waals surface area contributed by atoms with E-state index in [0.717, 1.165) is 22.8 Å². The van der Waals surface area contributed by atoms with E-state index in [9.17, 15) is 9.59 Å². The number of para-hydroxylation sites is 1. The summed E-state index contributed by atoms with van der Waals surface area (Å²) in [5.74, 6) is -0.327. The first-order valence-corrected chi connectivity index (χ1v) is 7.43. The third kappa shape index (κ3) is 2.96. The number of carbonyl (C=O) groups is 2. The second-order valence-electron chi connectivity index (χ2n) is 5.13. The van der Waals surface area contributed by atoms with Crippen molar-refractivity contribution in [1.29, 1.82) is 0 Å².